The number of rotatable bonds is 4. The van der Waals surface area contributed by atoms with Crippen molar-refractivity contribution in [2.75, 3.05) is 0 Å². The van der Waals surface area contributed by atoms with Crippen molar-refractivity contribution in [3.05, 3.63) is 36.4 Å². The standard InChI is InChI=1S/C24H18O10/c1-10(25)31-14-6-4-13(5-7-14)19-21(30)22-20(15-8-16(28)17(29)9-18(15)34-22)24(33-12(3)27)23(19)32-11(2)26/h4-9,28-30H,1-3H3. The van der Waals surface area contributed by atoms with Crippen molar-refractivity contribution in [1.82, 2.24) is 0 Å². The molecule has 0 amide bonds. The predicted molar refractivity (Wildman–Crippen MR) is 118 cm³/mol. The normalized spacial score (nSPS) is 10.9. The van der Waals surface area contributed by atoms with E-state index in [0.29, 0.717) is 5.56 Å². The van der Waals surface area contributed by atoms with Crippen LogP contribution >= 0.6 is 0 Å². The molecule has 0 aliphatic rings. The monoisotopic (exact) mass is 466 g/mol. The minimum atomic E-state index is -0.766. The maximum Gasteiger partial charge on any atom is 0.308 e. The van der Waals surface area contributed by atoms with Gasteiger partial charge < -0.3 is 33.9 Å². The third-order valence-electron chi connectivity index (χ3n) is 4.79. The SMILES string of the molecule is CC(=O)Oc1ccc(-c2c(OC(C)=O)c(OC(C)=O)c3c(oc4cc(O)c(O)cc43)c2O)cc1. The molecule has 0 atom stereocenters. The average Bonchev–Trinajstić information content (AvgIpc) is 3.10. The summed E-state index contributed by atoms with van der Waals surface area (Å²) in [6.45, 7) is 3.51. The van der Waals surface area contributed by atoms with Crippen LogP contribution in [0.5, 0.6) is 34.5 Å². The number of ether oxygens (including phenoxy) is 3. The molecule has 0 unspecified atom stereocenters. The quantitative estimate of drug-likeness (QED) is 0.227. The van der Waals surface area contributed by atoms with Gasteiger partial charge in [0.1, 0.15) is 11.3 Å². The summed E-state index contributed by atoms with van der Waals surface area (Å²) in [5.41, 5.74) is 0.184. The second kappa shape index (κ2) is 8.32. The van der Waals surface area contributed by atoms with Gasteiger partial charge in [-0.15, -0.1) is 0 Å². The summed E-state index contributed by atoms with van der Waals surface area (Å²) in [5, 5.41) is 31.2. The molecule has 0 radical (unpaired) electrons. The van der Waals surface area contributed by atoms with E-state index in [1.165, 1.54) is 31.2 Å². The summed E-state index contributed by atoms with van der Waals surface area (Å²) < 4.78 is 21.5. The molecule has 0 aliphatic carbocycles. The highest BCUT2D eigenvalue weighted by Gasteiger charge is 2.30. The van der Waals surface area contributed by atoms with Crippen LogP contribution in [0.25, 0.3) is 33.1 Å². The van der Waals surface area contributed by atoms with Crippen molar-refractivity contribution in [3.8, 4) is 45.6 Å². The molecular formula is C24H18O10. The predicted octanol–water partition coefficient (Wildman–Crippen LogP) is 4.15. The van der Waals surface area contributed by atoms with Crippen LogP contribution in [-0.2, 0) is 14.4 Å². The Kier molecular flexibility index (Phi) is 5.50. The van der Waals surface area contributed by atoms with Crippen LogP contribution in [0, 0.1) is 0 Å². The van der Waals surface area contributed by atoms with Crippen LogP contribution < -0.4 is 14.2 Å². The number of hydrogen-bond acceptors (Lipinski definition) is 10. The molecule has 0 saturated carbocycles. The number of carbonyl (C=O) groups excluding carboxylic acids is 3. The first-order chi connectivity index (χ1) is 16.1. The molecular weight excluding hydrogens is 448 g/mol. The molecule has 174 valence electrons. The van der Waals surface area contributed by atoms with Crippen molar-refractivity contribution in [1.29, 1.82) is 0 Å². The number of hydrogen-bond donors (Lipinski definition) is 3. The van der Waals surface area contributed by atoms with Gasteiger partial charge in [-0.1, -0.05) is 12.1 Å². The molecule has 1 aromatic heterocycles. The zero-order chi connectivity index (χ0) is 24.7. The van der Waals surface area contributed by atoms with Crippen molar-refractivity contribution >= 4 is 39.8 Å². The molecule has 10 nitrogen and oxygen atoms in total. The number of esters is 3. The molecule has 0 spiro atoms. The highest BCUT2D eigenvalue weighted by atomic mass is 16.6. The lowest BCUT2D eigenvalue weighted by atomic mass is 9.99. The third-order valence-corrected chi connectivity index (χ3v) is 4.79. The Morgan fingerprint density at radius 2 is 1.32 bits per heavy atom. The fraction of sp³-hybridized carbons (Fsp3) is 0.125. The first kappa shape index (κ1) is 22.5. The number of furan rings is 1. The first-order valence-corrected chi connectivity index (χ1v) is 9.89. The Morgan fingerprint density at radius 1 is 0.765 bits per heavy atom. The second-order valence-electron chi connectivity index (χ2n) is 7.33. The molecule has 34 heavy (non-hydrogen) atoms. The van der Waals surface area contributed by atoms with E-state index in [-0.39, 0.29) is 44.8 Å². The van der Waals surface area contributed by atoms with Crippen molar-refractivity contribution in [2.24, 2.45) is 0 Å². The van der Waals surface area contributed by atoms with Crippen LogP contribution in [0.3, 0.4) is 0 Å². The summed E-state index contributed by atoms with van der Waals surface area (Å²) in [6.07, 6.45) is 0. The van der Waals surface area contributed by atoms with Gasteiger partial charge in [0.2, 0.25) is 0 Å². The van der Waals surface area contributed by atoms with Gasteiger partial charge in [-0.3, -0.25) is 14.4 Å². The number of aromatic hydroxyl groups is 3. The van der Waals surface area contributed by atoms with Gasteiger partial charge in [0, 0.05) is 32.2 Å². The van der Waals surface area contributed by atoms with Gasteiger partial charge in [-0.05, 0) is 23.8 Å². The van der Waals surface area contributed by atoms with Gasteiger partial charge in [0.25, 0.3) is 0 Å². The van der Waals surface area contributed by atoms with E-state index in [4.69, 9.17) is 18.6 Å². The first-order valence-electron chi connectivity index (χ1n) is 9.89. The highest BCUT2D eigenvalue weighted by molar-refractivity contribution is 6.15. The Bertz CT molecular complexity index is 1480. The number of benzene rings is 3. The van der Waals surface area contributed by atoms with Crippen LogP contribution in [-0.4, -0.2) is 33.2 Å². The lowest BCUT2D eigenvalue weighted by Gasteiger charge is -2.16. The van der Waals surface area contributed by atoms with E-state index in [2.05, 4.69) is 0 Å². The van der Waals surface area contributed by atoms with Gasteiger partial charge in [0.05, 0.1) is 10.9 Å². The van der Waals surface area contributed by atoms with Crippen LogP contribution in [0.4, 0.5) is 0 Å². The maximum absolute atomic E-state index is 12.0. The lowest BCUT2D eigenvalue weighted by molar-refractivity contribution is -0.134. The summed E-state index contributed by atoms with van der Waals surface area (Å²) in [4.78, 5) is 35.1. The zero-order valence-corrected chi connectivity index (χ0v) is 18.2. The molecule has 3 N–H and O–H groups in total. The topological polar surface area (TPSA) is 153 Å². The minimum absolute atomic E-state index is 0.0366. The van der Waals surface area contributed by atoms with E-state index < -0.39 is 35.2 Å². The summed E-state index contributed by atoms with van der Waals surface area (Å²) in [5.74, 6) is -3.74. The van der Waals surface area contributed by atoms with Gasteiger partial charge in [-0.2, -0.15) is 0 Å². The summed E-state index contributed by atoms with van der Waals surface area (Å²) >= 11 is 0. The molecule has 0 saturated heterocycles. The molecule has 1 heterocycles. The fourth-order valence-electron chi connectivity index (χ4n) is 3.57. The third kappa shape index (κ3) is 3.92. The van der Waals surface area contributed by atoms with E-state index >= 15 is 0 Å². The highest BCUT2D eigenvalue weighted by Crippen LogP contribution is 2.54. The average molecular weight is 466 g/mol. The molecule has 4 rings (SSSR count). The zero-order valence-electron chi connectivity index (χ0n) is 18.2. The maximum atomic E-state index is 12.0. The van der Waals surface area contributed by atoms with Gasteiger partial charge >= 0.3 is 17.9 Å². The molecule has 4 aromatic rings. The summed E-state index contributed by atoms with van der Waals surface area (Å²) in [6, 6.07) is 8.18. The Hall–Kier alpha value is -4.73. The number of phenolic OH excluding ortho intramolecular Hbond substituents is 3. The fourth-order valence-corrected chi connectivity index (χ4v) is 3.57. The van der Waals surface area contributed by atoms with E-state index in [9.17, 15) is 29.7 Å². The largest absolute Gasteiger partial charge is 0.504 e. The van der Waals surface area contributed by atoms with Crippen LogP contribution in [0.15, 0.2) is 40.8 Å². The Morgan fingerprint density at radius 3 is 1.91 bits per heavy atom. The van der Waals surface area contributed by atoms with E-state index in [0.717, 1.165) is 26.0 Å². The van der Waals surface area contributed by atoms with Crippen molar-refractivity contribution in [2.45, 2.75) is 20.8 Å². The molecule has 3 aromatic carbocycles. The van der Waals surface area contributed by atoms with Crippen LogP contribution in [0.1, 0.15) is 20.8 Å². The smallest absolute Gasteiger partial charge is 0.308 e. The van der Waals surface area contributed by atoms with Gasteiger partial charge in [-0.25, -0.2) is 0 Å². The van der Waals surface area contributed by atoms with E-state index in [1.54, 1.807) is 0 Å². The van der Waals surface area contributed by atoms with Gasteiger partial charge in [0.15, 0.2) is 34.3 Å². The number of carbonyl (C=O) groups is 3. The molecule has 0 bridgehead atoms. The summed E-state index contributed by atoms with van der Waals surface area (Å²) in [7, 11) is 0. The van der Waals surface area contributed by atoms with Crippen molar-refractivity contribution in [3.63, 3.8) is 0 Å². The number of phenols is 3. The Balaban J connectivity index is 2.11. The molecule has 0 fully saturated rings. The minimum Gasteiger partial charge on any atom is -0.504 e. The molecule has 10 heteroatoms. The van der Waals surface area contributed by atoms with Crippen molar-refractivity contribution < 1.29 is 48.3 Å². The van der Waals surface area contributed by atoms with E-state index in [1.807, 2.05) is 0 Å². The Labute approximate surface area is 191 Å². The molecule has 0 aliphatic heterocycles. The lowest BCUT2D eigenvalue weighted by Crippen LogP contribution is -2.09. The van der Waals surface area contributed by atoms with Crippen LogP contribution in [0.2, 0.25) is 0 Å². The number of fused-ring (bicyclic) bond motifs is 3. The second-order valence-corrected chi connectivity index (χ2v) is 7.33.